The van der Waals surface area contributed by atoms with E-state index in [1.54, 1.807) is 0 Å². The molecule has 0 radical (unpaired) electrons. The lowest BCUT2D eigenvalue weighted by Gasteiger charge is -2.15. The number of aromatic nitrogens is 1. The van der Waals surface area contributed by atoms with E-state index >= 15 is 0 Å². The van der Waals surface area contributed by atoms with Gasteiger partial charge in [0.1, 0.15) is 0 Å². The van der Waals surface area contributed by atoms with E-state index < -0.39 is 0 Å². The maximum atomic E-state index is 6.16. The van der Waals surface area contributed by atoms with Crippen molar-refractivity contribution in [2.45, 2.75) is 39.2 Å². The van der Waals surface area contributed by atoms with Gasteiger partial charge in [-0.05, 0) is 31.1 Å². The van der Waals surface area contributed by atoms with Gasteiger partial charge < -0.3 is 10.6 Å². The van der Waals surface area contributed by atoms with Gasteiger partial charge in [0.2, 0.25) is 0 Å². The van der Waals surface area contributed by atoms with E-state index in [0.717, 1.165) is 37.8 Å². The van der Waals surface area contributed by atoms with Gasteiger partial charge in [0.15, 0.2) is 5.13 Å². The largest absolute Gasteiger partial charge is 0.348 e. The molecule has 2 heterocycles. The third-order valence-corrected chi connectivity index (χ3v) is 5.53. The lowest BCUT2D eigenvalue weighted by atomic mass is 9.99. The summed E-state index contributed by atoms with van der Waals surface area (Å²) in [6, 6.07) is 0.238. The van der Waals surface area contributed by atoms with Crippen molar-refractivity contribution < 1.29 is 0 Å². The number of rotatable bonds is 1. The van der Waals surface area contributed by atoms with E-state index in [9.17, 15) is 0 Å². The fourth-order valence-corrected chi connectivity index (χ4v) is 4.03. The van der Waals surface area contributed by atoms with E-state index in [-0.39, 0.29) is 6.04 Å². The summed E-state index contributed by atoms with van der Waals surface area (Å²) < 4.78 is 0. The van der Waals surface area contributed by atoms with Gasteiger partial charge in [-0.15, -0.1) is 0 Å². The summed E-state index contributed by atoms with van der Waals surface area (Å²) in [5, 5.41) is 1.21. The van der Waals surface area contributed by atoms with Crippen LogP contribution in [-0.4, -0.2) is 18.1 Å². The molecule has 0 spiro atoms. The van der Waals surface area contributed by atoms with Crippen molar-refractivity contribution >= 4 is 16.5 Å². The molecule has 0 bridgehead atoms. The van der Waals surface area contributed by atoms with Gasteiger partial charge >= 0.3 is 0 Å². The molecule has 0 saturated carbocycles. The highest BCUT2D eigenvalue weighted by molar-refractivity contribution is 7.15. The summed E-state index contributed by atoms with van der Waals surface area (Å²) in [4.78, 5) is 8.61. The number of hydrogen-bond acceptors (Lipinski definition) is 4. The van der Waals surface area contributed by atoms with Gasteiger partial charge in [-0.2, -0.15) is 0 Å². The standard InChI is InChI=1S/C13H21N3S/c1-8-6-16(7-9(8)2)13-15-11-5-3-4-10(14)12(11)17-13/h8-10H,3-7,14H2,1-2H3. The summed E-state index contributed by atoms with van der Waals surface area (Å²) >= 11 is 1.83. The first kappa shape index (κ1) is 11.5. The molecule has 3 unspecified atom stereocenters. The third kappa shape index (κ3) is 1.97. The lowest BCUT2D eigenvalue weighted by Crippen LogP contribution is -2.19. The first-order valence-corrected chi connectivity index (χ1v) is 7.47. The smallest absolute Gasteiger partial charge is 0.185 e. The van der Waals surface area contributed by atoms with Gasteiger partial charge in [0.05, 0.1) is 5.69 Å². The van der Waals surface area contributed by atoms with Crippen molar-refractivity contribution in [1.82, 2.24) is 4.98 Å². The minimum absolute atomic E-state index is 0.238. The van der Waals surface area contributed by atoms with Crippen molar-refractivity contribution in [3.8, 4) is 0 Å². The van der Waals surface area contributed by atoms with Crippen LogP contribution in [0.2, 0.25) is 0 Å². The Morgan fingerprint density at radius 1 is 1.29 bits per heavy atom. The average Bonchev–Trinajstić information content (AvgIpc) is 2.85. The highest BCUT2D eigenvalue weighted by Crippen LogP contribution is 2.38. The zero-order valence-electron chi connectivity index (χ0n) is 10.6. The van der Waals surface area contributed by atoms with Crippen molar-refractivity contribution in [2.24, 2.45) is 17.6 Å². The Balaban J connectivity index is 1.85. The van der Waals surface area contributed by atoms with Crippen LogP contribution in [0.5, 0.6) is 0 Å². The molecule has 1 aromatic heterocycles. The van der Waals surface area contributed by atoms with Crippen LogP contribution in [0.4, 0.5) is 5.13 Å². The van der Waals surface area contributed by atoms with Crippen molar-refractivity contribution in [3.63, 3.8) is 0 Å². The fourth-order valence-electron chi connectivity index (χ4n) is 2.86. The minimum Gasteiger partial charge on any atom is -0.348 e. The number of fused-ring (bicyclic) bond motifs is 1. The maximum absolute atomic E-state index is 6.16. The van der Waals surface area contributed by atoms with E-state index in [4.69, 9.17) is 10.7 Å². The SMILES string of the molecule is CC1CN(c2nc3c(s2)C(N)CCC3)CC1C. The summed E-state index contributed by atoms with van der Waals surface area (Å²) in [5.74, 6) is 1.56. The second-order valence-electron chi connectivity index (χ2n) is 5.67. The van der Waals surface area contributed by atoms with Crippen molar-refractivity contribution in [3.05, 3.63) is 10.6 Å². The predicted octanol–water partition coefficient (Wildman–Crippen LogP) is 2.57. The predicted molar refractivity (Wildman–Crippen MR) is 72.5 cm³/mol. The molecule has 1 aliphatic carbocycles. The number of anilines is 1. The molecule has 1 aromatic rings. The lowest BCUT2D eigenvalue weighted by molar-refractivity contribution is 0.494. The van der Waals surface area contributed by atoms with E-state index in [0.29, 0.717) is 0 Å². The van der Waals surface area contributed by atoms with E-state index in [1.165, 1.54) is 22.1 Å². The van der Waals surface area contributed by atoms with Crippen molar-refractivity contribution in [2.75, 3.05) is 18.0 Å². The molecule has 17 heavy (non-hydrogen) atoms. The number of nitrogens with two attached hydrogens (primary N) is 1. The second-order valence-corrected chi connectivity index (χ2v) is 6.67. The fraction of sp³-hybridized carbons (Fsp3) is 0.769. The number of aryl methyl sites for hydroxylation is 1. The molecular formula is C13H21N3S. The third-order valence-electron chi connectivity index (χ3n) is 4.24. The van der Waals surface area contributed by atoms with Crippen LogP contribution in [0.15, 0.2) is 0 Å². The Hall–Kier alpha value is -0.610. The minimum atomic E-state index is 0.238. The molecule has 94 valence electrons. The first-order valence-electron chi connectivity index (χ1n) is 6.65. The van der Waals surface area contributed by atoms with Crippen LogP contribution in [0.1, 0.15) is 43.3 Å². The Kier molecular flexibility index (Phi) is 2.87. The molecule has 1 saturated heterocycles. The summed E-state index contributed by atoms with van der Waals surface area (Å²) in [6.45, 7) is 6.99. The highest BCUT2D eigenvalue weighted by atomic mass is 32.1. The normalized spacial score (nSPS) is 32.9. The summed E-state index contributed by atoms with van der Waals surface area (Å²) in [5.41, 5.74) is 7.44. The Labute approximate surface area is 107 Å². The molecule has 1 aliphatic heterocycles. The van der Waals surface area contributed by atoms with E-state index in [2.05, 4.69) is 18.7 Å². The van der Waals surface area contributed by atoms with Crippen LogP contribution < -0.4 is 10.6 Å². The van der Waals surface area contributed by atoms with Gasteiger partial charge in [0, 0.05) is 24.0 Å². The second kappa shape index (κ2) is 4.25. The number of hydrogen-bond donors (Lipinski definition) is 1. The first-order chi connectivity index (χ1) is 8.15. The molecule has 3 atom stereocenters. The van der Waals surface area contributed by atoms with Crippen LogP contribution in [0.25, 0.3) is 0 Å². The van der Waals surface area contributed by atoms with Gasteiger partial charge in [0.25, 0.3) is 0 Å². The number of thiazole rings is 1. The van der Waals surface area contributed by atoms with Gasteiger partial charge in [-0.1, -0.05) is 25.2 Å². The molecule has 0 amide bonds. The average molecular weight is 251 g/mol. The maximum Gasteiger partial charge on any atom is 0.185 e. The zero-order valence-corrected chi connectivity index (χ0v) is 11.5. The van der Waals surface area contributed by atoms with Gasteiger partial charge in [-0.25, -0.2) is 4.98 Å². The Morgan fingerprint density at radius 2 is 2.00 bits per heavy atom. The molecular weight excluding hydrogens is 230 g/mol. The monoisotopic (exact) mass is 251 g/mol. The van der Waals surface area contributed by atoms with Crippen LogP contribution in [0, 0.1) is 11.8 Å². The number of nitrogens with zero attached hydrogens (tertiary/aromatic N) is 2. The van der Waals surface area contributed by atoms with Crippen LogP contribution in [-0.2, 0) is 6.42 Å². The summed E-state index contributed by atoms with van der Waals surface area (Å²) in [6.07, 6.45) is 3.45. The molecule has 0 aromatic carbocycles. The van der Waals surface area contributed by atoms with Gasteiger partial charge in [-0.3, -0.25) is 0 Å². The highest BCUT2D eigenvalue weighted by Gasteiger charge is 2.30. The van der Waals surface area contributed by atoms with Crippen LogP contribution >= 0.6 is 11.3 Å². The molecule has 2 N–H and O–H groups in total. The Bertz CT molecular complexity index is 405. The molecule has 4 heteroatoms. The summed E-state index contributed by atoms with van der Waals surface area (Å²) in [7, 11) is 0. The molecule has 1 fully saturated rings. The molecule has 3 rings (SSSR count). The quantitative estimate of drug-likeness (QED) is 0.834. The molecule has 3 nitrogen and oxygen atoms in total. The zero-order chi connectivity index (χ0) is 12.0. The van der Waals surface area contributed by atoms with Crippen molar-refractivity contribution in [1.29, 1.82) is 0 Å². The topological polar surface area (TPSA) is 42.2 Å². The van der Waals surface area contributed by atoms with E-state index in [1.807, 2.05) is 11.3 Å². The Morgan fingerprint density at radius 3 is 2.65 bits per heavy atom. The molecule has 2 aliphatic rings. The van der Waals surface area contributed by atoms with Crippen LogP contribution in [0.3, 0.4) is 0 Å².